The minimum atomic E-state index is 0.882. The van der Waals surface area contributed by atoms with Crippen LogP contribution < -0.4 is 5.32 Å². The summed E-state index contributed by atoms with van der Waals surface area (Å²) in [6.07, 6.45) is 7.28. The third kappa shape index (κ3) is 2.57. The van der Waals surface area contributed by atoms with Gasteiger partial charge in [-0.05, 0) is 32.4 Å². The van der Waals surface area contributed by atoms with E-state index in [4.69, 9.17) is 15.0 Å². The first-order valence-corrected chi connectivity index (χ1v) is 9.81. The molecule has 8 heteroatoms. The SMILES string of the molecule is Cc1cn2cc(-c3nc4sc(C5=CCNCC5)nc4s3)nc2c(C)n1. The molecule has 6 nitrogen and oxygen atoms in total. The average Bonchev–Trinajstić information content (AvgIpc) is 3.27. The van der Waals surface area contributed by atoms with Crippen molar-refractivity contribution in [3.05, 3.63) is 34.9 Å². The van der Waals surface area contributed by atoms with Gasteiger partial charge in [0.05, 0.1) is 11.4 Å². The summed E-state index contributed by atoms with van der Waals surface area (Å²) in [5.74, 6) is 0. The highest BCUT2D eigenvalue weighted by atomic mass is 32.1. The van der Waals surface area contributed by atoms with E-state index in [0.29, 0.717) is 0 Å². The molecule has 0 aromatic carbocycles. The van der Waals surface area contributed by atoms with E-state index in [-0.39, 0.29) is 0 Å². The first-order chi connectivity index (χ1) is 12.2. The lowest BCUT2D eigenvalue weighted by molar-refractivity contribution is 0.738. The molecular weight excluding hydrogens is 352 g/mol. The van der Waals surface area contributed by atoms with Crippen LogP contribution in [0.5, 0.6) is 0 Å². The molecule has 4 aromatic rings. The molecule has 5 heterocycles. The second-order valence-electron chi connectivity index (χ2n) is 6.16. The molecule has 0 atom stereocenters. The van der Waals surface area contributed by atoms with E-state index in [0.717, 1.165) is 61.9 Å². The van der Waals surface area contributed by atoms with Crippen LogP contribution in [0.1, 0.15) is 22.8 Å². The molecule has 0 saturated heterocycles. The highest BCUT2D eigenvalue weighted by Gasteiger charge is 2.17. The Bertz CT molecular complexity index is 1100. The van der Waals surface area contributed by atoms with Crippen molar-refractivity contribution in [2.75, 3.05) is 13.1 Å². The van der Waals surface area contributed by atoms with Gasteiger partial charge in [-0.2, -0.15) is 0 Å². The second kappa shape index (κ2) is 5.69. The van der Waals surface area contributed by atoms with Gasteiger partial charge in [-0.1, -0.05) is 28.7 Å². The summed E-state index contributed by atoms with van der Waals surface area (Å²) >= 11 is 3.29. The lowest BCUT2D eigenvalue weighted by Crippen LogP contribution is -2.19. The Hall–Kier alpha value is -2.16. The van der Waals surface area contributed by atoms with Crippen LogP contribution in [0.4, 0.5) is 0 Å². The van der Waals surface area contributed by atoms with Gasteiger partial charge >= 0.3 is 0 Å². The van der Waals surface area contributed by atoms with Gasteiger partial charge in [0.2, 0.25) is 0 Å². The van der Waals surface area contributed by atoms with Crippen LogP contribution in [-0.4, -0.2) is 37.4 Å². The van der Waals surface area contributed by atoms with Crippen molar-refractivity contribution in [1.29, 1.82) is 0 Å². The van der Waals surface area contributed by atoms with Gasteiger partial charge in [0.15, 0.2) is 15.3 Å². The van der Waals surface area contributed by atoms with Crippen molar-refractivity contribution in [2.24, 2.45) is 0 Å². The number of aromatic nitrogens is 5. The van der Waals surface area contributed by atoms with Crippen LogP contribution >= 0.6 is 22.7 Å². The van der Waals surface area contributed by atoms with Crippen molar-refractivity contribution >= 4 is 43.6 Å². The summed E-state index contributed by atoms with van der Waals surface area (Å²) in [6, 6.07) is 0. The van der Waals surface area contributed by atoms with E-state index in [9.17, 15) is 0 Å². The van der Waals surface area contributed by atoms with Crippen LogP contribution in [0.15, 0.2) is 18.5 Å². The van der Waals surface area contributed by atoms with E-state index in [1.807, 2.05) is 30.6 Å². The molecule has 0 saturated carbocycles. The Kier molecular flexibility index (Phi) is 3.44. The van der Waals surface area contributed by atoms with Crippen LogP contribution in [0, 0.1) is 13.8 Å². The van der Waals surface area contributed by atoms with Crippen LogP contribution in [0.2, 0.25) is 0 Å². The number of fused-ring (bicyclic) bond motifs is 2. The fraction of sp³-hybridized carbons (Fsp3) is 0.294. The van der Waals surface area contributed by atoms with E-state index in [1.165, 1.54) is 5.57 Å². The Morgan fingerprint density at radius 3 is 2.60 bits per heavy atom. The minimum absolute atomic E-state index is 0.882. The Morgan fingerprint density at radius 1 is 1.00 bits per heavy atom. The van der Waals surface area contributed by atoms with E-state index >= 15 is 0 Å². The summed E-state index contributed by atoms with van der Waals surface area (Å²) < 4.78 is 2.03. The Morgan fingerprint density at radius 2 is 1.80 bits per heavy atom. The van der Waals surface area contributed by atoms with Gasteiger partial charge < -0.3 is 9.72 Å². The smallest absolute Gasteiger partial charge is 0.159 e. The molecule has 0 unspecified atom stereocenters. The molecule has 0 amide bonds. The summed E-state index contributed by atoms with van der Waals surface area (Å²) in [5.41, 5.74) is 5.01. The van der Waals surface area contributed by atoms with Crippen LogP contribution in [-0.2, 0) is 0 Å². The van der Waals surface area contributed by atoms with Crippen molar-refractivity contribution in [3.63, 3.8) is 0 Å². The molecule has 5 rings (SSSR count). The summed E-state index contributed by atoms with van der Waals surface area (Å²) in [5, 5.41) is 5.36. The predicted molar refractivity (Wildman–Crippen MR) is 102 cm³/mol. The van der Waals surface area contributed by atoms with Crippen molar-refractivity contribution < 1.29 is 0 Å². The quantitative estimate of drug-likeness (QED) is 0.587. The Balaban J connectivity index is 1.56. The fourth-order valence-electron chi connectivity index (χ4n) is 3.11. The first-order valence-electron chi connectivity index (χ1n) is 8.18. The predicted octanol–water partition coefficient (Wildman–Crippen LogP) is 3.46. The standard InChI is InChI=1S/C17H16N6S2/c1-9-7-23-8-12(20-13(23)10(2)19-9)15-22-17-16(25-15)21-14(24-17)11-3-5-18-6-4-11/h3,7-8,18H,4-6H2,1-2H3. The third-order valence-corrected chi connectivity index (χ3v) is 6.39. The van der Waals surface area contributed by atoms with Gasteiger partial charge in [-0.25, -0.2) is 15.0 Å². The monoisotopic (exact) mass is 368 g/mol. The summed E-state index contributed by atoms with van der Waals surface area (Å²) in [6.45, 7) is 5.92. The van der Waals surface area contributed by atoms with Crippen LogP contribution in [0.25, 0.3) is 31.6 Å². The lowest BCUT2D eigenvalue weighted by atomic mass is 10.1. The number of nitrogens with one attached hydrogen (secondary N) is 1. The molecule has 1 N–H and O–H groups in total. The lowest BCUT2D eigenvalue weighted by Gasteiger charge is -2.10. The maximum absolute atomic E-state index is 4.80. The zero-order valence-electron chi connectivity index (χ0n) is 13.9. The number of imidazole rings is 1. The Labute approximate surface area is 152 Å². The van der Waals surface area contributed by atoms with Gasteiger partial charge in [0.25, 0.3) is 0 Å². The van der Waals surface area contributed by atoms with Crippen molar-refractivity contribution in [3.8, 4) is 10.7 Å². The average molecular weight is 368 g/mol. The van der Waals surface area contributed by atoms with Crippen molar-refractivity contribution in [1.82, 2.24) is 29.7 Å². The molecule has 0 radical (unpaired) electrons. The largest absolute Gasteiger partial charge is 0.313 e. The minimum Gasteiger partial charge on any atom is -0.313 e. The van der Waals surface area contributed by atoms with Gasteiger partial charge in [0.1, 0.15) is 15.7 Å². The molecule has 1 aliphatic heterocycles. The fourth-order valence-corrected chi connectivity index (χ4v) is 5.18. The van der Waals surface area contributed by atoms with Crippen molar-refractivity contribution in [2.45, 2.75) is 20.3 Å². The first kappa shape index (κ1) is 15.1. The topological polar surface area (TPSA) is 68.0 Å². The van der Waals surface area contributed by atoms with Gasteiger partial charge in [-0.15, -0.1) is 0 Å². The summed E-state index contributed by atoms with van der Waals surface area (Å²) in [7, 11) is 0. The van der Waals surface area contributed by atoms with E-state index in [1.54, 1.807) is 22.7 Å². The molecule has 0 spiro atoms. The highest BCUT2D eigenvalue weighted by molar-refractivity contribution is 7.28. The van der Waals surface area contributed by atoms with Crippen LogP contribution in [0.3, 0.4) is 0 Å². The number of rotatable bonds is 2. The molecule has 25 heavy (non-hydrogen) atoms. The highest BCUT2D eigenvalue weighted by Crippen LogP contribution is 2.35. The van der Waals surface area contributed by atoms with E-state index < -0.39 is 0 Å². The van der Waals surface area contributed by atoms with E-state index in [2.05, 4.69) is 16.4 Å². The normalized spacial score (nSPS) is 15.2. The molecule has 0 aliphatic carbocycles. The second-order valence-corrected chi connectivity index (χ2v) is 8.11. The maximum atomic E-state index is 4.80. The third-order valence-electron chi connectivity index (χ3n) is 4.26. The number of aryl methyl sites for hydroxylation is 2. The molecule has 4 aromatic heterocycles. The maximum Gasteiger partial charge on any atom is 0.159 e. The van der Waals surface area contributed by atoms with Gasteiger partial charge in [0, 0.05) is 18.9 Å². The molecule has 0 fully saturated rings. The number of nitrogens with zero attached hydrogens (tertiary/aromatic N) is 5. The number of hydrogen-bond donors (Lipinski definition) is 1. The molecule has 1 aliphatic rings. The van der Waals surface area contributed by atoms with Gasteiger partial charge in [-0.3, -0.25) is 4.98 Å². The summed E-state index contributed by atoms with van der Waals surface area (Å²) in [4.78, 5) is 20.8. The zero-order valence-corrected chi connectivity index (χ0v) is 15.5. The number of hydrogen-bond acceptors (Lipinski definition) is 7. The molecule has 0 bridgehead atoms. The zero-order chi connectivity index (χ0) is 17.0. The molecule has 126 valence electrons. The molecular formula is C17H16N6S2. The number of thiazole rings is 2.